The van der Waals surface area contributed by atoms with E-state index in [1.165, 1.54) is 38.0 Å². The number of likely N-dealkylation sites (tertiary alicyclic amines) is 1. The van der Waals surface area contributed by atoms with Gasteiger partial charge in [0.15, 0.2) is 0 Å². The fourth-order valence-electron chi connectivity index (χ4n) is 6.09. The third kappa shape index (κ3) is 7.11. The molecular weight excluding hydrogens is 482 g/mol. The van der Waals surface area contributed by atoms with Crippen LogP contribution in [0.1, 0.15) is 38.5 Å². The molecule has 4 aliphatic heterocycles. The van der Waals surface area contributed by atoms with Gasteiger partial charge in [0.2, 0.25) is 5.91 Å². The quantitative estimate of drug-likeness (QED) is 0.508. The highest BCUT2D eigenvalue weighted by Gasteiger charge is 2.32. The largest absolute Gasteiger partial charge is 0.494 e. The van der Waals surface area contributed by atoms with E-state index in [2.05, 4.69) is 34.1 Å². The molecule has 5 rings (SSSR count). The van der Waals surface area contributed by atoms with E-state index in [4.69, 9.17) is 9.47 Å². The number of carbonyl (C=O) groups is 2. The Bertz CT molecular complexity index is 885. The first-order valence-corrected chi connectivity index (χ1v) is 14.8. The van der Waals surface area contributed by atoms with Crippen LogP contribution in [-0.4, -0.2) is 123 Å². The molecule has 1 aromatic rings. The summed E-state index contributed by atoms with van der Waals surface area (Å²) in [5.41, 5.74) is 1.18. The fraction of sp³-hybridized carbons (Fsp3) is 0.724. The molecule has 0 atom stereocenters. The molecule has 0 aromatic heterocycles. The number of hydrogen-bond donors (Lipinski definition) is 0. The van der Waals surface area contributed by atoms with Crippen LogP contribution in [0.3, 0.4) is 0 Å². The summed E-state index contributed by atoms with van der Waals surface area (Å²) < 4.78 is 11.4. The Morgan fingerprint density at radius 1 is 0.763 bits per heavy atom. The highest BCUT2D eigenvalue weighted by molar-refractivity contribution is 5.80. The molecule has 9 heteroatoms. The van der Waals surface area contributed by atoms with Gasteiger partial charge >= 0.3 is 6.03 Å². The van der Waals surface area contributed by atoms with Crippen molar-refractivity contribution in [2.24, 2.45) is 5.92 Å². The van der Waals surface area contributed by atoms with E-state index < -0.39 is 0 Å². The number of ether oxygens (including phenoxy) is 2. The molecule has 0 unspecified atom stereocenters. The normalized spacial score (nSPS) is 22.0. The van der Waals surface area contributed by atoms with Gasteiger partial charge in [0.25, 0.3) is 0 Å². The lowest BCUT2D eigenvalue weighted by atomic mass is 9.98. The standard InChI is InChI=1S/C29H45N5O4/c35-28(25-9-23-37-24-10-25)32-16-20-34(21-17-32)29(36)33-18-14-31(15-19-33)26-5-7-27(8-6-26)38-22-4-13-30-11-2-1-3-12-30/h5-8,25H,1-4,9-24H2. The monoisotopic (exact) mass is 527 g/mol. The van der Waals surface area contributed by atoms with Crippen molar-refractivity contribution in [3.63, 3.8) is 0 Å². The first kappa shape index (κ1) is 27.1. The Labute approximate surface area is 227 Å². The van der Waals surface area contributed by atoms with E-state index in [-0.39, 0.29) is 17.9 Å². The number of nitrogens with zero attached hydrogens (tertiary/aromatic N) is 5. The van der Waals surface area contributed by atoms with Gasteiger partial charge in [0.05, 0.1) is 6.61 Å². The molecule has 0 aliphatic carbocycles. The van der Waals surface area contributed by atoms with Crippen molar-refractivity contribution < 1.29 is 19.1 Å². The summed E-state index contributed by atoms with van der Waals surface area (Å²) in [4.78, 5) is 36.6. The first-order chi connectivity index (χ1) is 18.7. The van der Waals surface area contributed by atoms with E-state index in [0.717, 1.165) is 64.3 Å². The average Bonchev–Trinajstić information content (AvgIpc) is 3.00. The predicted molar refractivity (Wildman–Crippen MR) is 148 cm³/mol. The number of hydrogen-bond acceptors (Lipinski definition) is 6. The first-order valence-electron chi connectivity index (χ1n) is 14.8. The van der Waals surface area contributed by atoms with Gasteiger partial charge in [-0.05, 0) is 69.5 Å². The zero-order chi connectivity index (χ0) is 26.2. The Kier molecular flexibility index (Phi) is 9.62. The molecule has 4 heterocycles. The smallest absolute Gasteiger partial charge is 0.320 e. The number of anilines is 1. The van der Waals surface area contributed by atoms with Gasteiger partial charge in [-0.3, -0.25) is 4.79 Å². The minimum absolute atomic E-state index is 0.0872. The Morgan fingerprint density at radius 3 is 2.03 bits per heavy atom. The van der Waals surface area contributed by atoms with Gasteiger partial charge in [0, 0.05) is 83.7 Å². The Hall–Kier alpha value is -2.52. The van der Waals surface area contributed by atoms with Crippen molar-refractivity contribution in [1.29, 1.82) is 0 Å². The van der Waals surface area contributed by atoms with Crippen LogP contribution in [0.15, 0.2) is 24.3 Å². The van der Waals surface area contributed by atoms with Gasteiger partial charge < -0.3 is 34.0 Å². The van der Waals surface area contributed by atoms with Crippen LogP contribution in [0.4, 0.5) is 10.5 Å². The second-order valence-electron chi connectivity index (χ2n) is 11.1. The number of benzene rings is 1. The second kappa shape index (κ2) is 13.5. The van der Waals surface area contributed by atoms with Gasteiger partial charge in [-0.2, -0.15) is 0 Å². The second-order valence-corrected chi connectivity index (χ2v) is 11.1. The van der Waals surface area contributed by atoms with Crippen molar-refractivity contribution in [1.82, 2.24) is 19.6 Å². The summed E-state index contributed by atoms with van der Waals surface area (Å²) in [6.07, 6.45) is 6.75. The molecule has 4 saturated heterocycles. The van der Waals surface area contributed by atoms with Crippen LogP contribution in [0.25, 0.3) is 0 Å². The number of piperidine rings is 1. The number of amides is 3. The molecule has 9 nitrogen and oxygen atoms in total. The van der Waals surface area contributed by atoms with Crippen molar-refractivity contribution in [2.45, 2.75) is 38.5 Å². The fourth-order valence-corrected chi connectivity index (χ4v) is 6.09. The minimum Gasteiger partial charge on any atom is -0.494 e. The van der Waals surface area contributed by atoms with Crippen molar-refractivity contribution in [2.75, 3.05) is 96.7 Å². The lowest BCUT2D eigenvalue weighted by Crippen LogP contribution is -2.58. The molecule has 0 spiro atoms. The maximum atomic E-state index is 13.1. The van der Waals surface area contributed by atoms with Crippen LogP contribution in [0, 0.1) is 5.92 Å². The number of carbonyl (C=O) groups excluding carboxylic acids is 2. The zero-order valence-corrected chi connectivity index (χ0v) is 22.9. The van der Waals surface area contributed by atoms with Crippen molar-refractivity contribution in [3.05, 3.63) is 24.3 Å². The van der Waals surface area contributed by atoms with E-state index in [1.54, 1.807) is 0 Å². The molecular formula is C29H45N5O4. The highest BCUT2D eigenvalue weighted by atomic mass is 16.5. The van der Waals surface area contributed by atoms with Crippen LogP contribution in [-0.2, 0) is 9.53 Å². The van der Waals surface area contributed by atoms with Crippen molar-refractivity contribution in [3.8, 4) is 5.75 Å². The van der Waals surface area contributed by atoms with Crippen LogP contribution in [0.2, 0.25) is 0 Å². The number of rotatable bonds is 7. The summed E-state index contributed by atoms with van der Waals surface area (Å²) in [5, 5.41) is 0. The van der Waals surface area contributed by atoms with Gasteiger partial charge in [-0.1, -0.05) is 6.42 Å². The maximum Gasteiger partial charge on any atom is 0.320 e. The van der Waals surface area contributed by atoms with Gasteiger partial charge in [-0.25, -0.2) is 4.79 Å². The molecule has 38 heavy (non-hydrogen) atoms. The lowest BCUT2D eigenvalue weighted by Gasteiger charge is -2.41. The van der Waals surface area contributed by atoms with E-state index in [1.807, 2.05) is 14.7 Å². The molecule has 0 bridgehead atoms. The minimum atomic E-state index is 0.0872. The molecule has 0 saturated carbocycles. The summed E-state index contributed by atoms with van der Waals surface area (Å²) in [5.74, 6) is 1.25. The Morgan fingerprint density at radius 2 is 1.37 bits per heavy atom. The number of urea groups is 1. The summed E-state index contributed by atoms with van der Waals surface area (Å²) in [6.45, 7) is 11.3. The van der Waals surface area contributed by atoms with Crippen LogP contribution < -0.4 is 9.64 Å². The predicted octanol–water partition coefficient (Wildman–Crippen LogP) is 2.75. The van der Waals surface area contributed by atoms with E-state index >= 15 is 0 Å². The summed E-state index contributed by atoms with van der Waals surface area (Å²) in [6, 6.07) is 8.50. The Balaban J connectivity index is 0.997. The maximum absolute atomic E-state index is 13.1. The molecule has 3 amide bonds. The van der Waals surface area contributed by atoms with E-state index in [9.17, 15) is 9.59 Å². The highest BCUT2D eigenvalue weighted by Crippen LogP contribution is 2.22. The topological polar surface area (TPSA) is 68.8 Å². The molecule has 0 radical (unpaired) electrons. The SMILES string of the molecule is O=C(C1CCOCC1)N1CCN(C(=O)N2CCN(c3ccc(OCCCN4CCCCC4)cc3)CC2)CC1. The van der Waals surface area contributed by atoms with E-state index in [0.29, 0.717) is 39.4 Å². The lowest BCUT2D eigenvalue weighted by molar-refractivity contribution is -0.140. The third-order valence-corrected chi connectivity index (χ3v) is 8.52. The number of piperazine rings is 2. The van der Waals surface area contributed by atoms with Crippen LogP contribution >= 0.6 is 0 Å². The van der Waals surface area contributed by atoms with Crippen LogP contribution in [0.5, 0.6) is 5.75 Å². The molecule has 0 N–H and O–H groups in total. The molecule has 4 fully saturated rings. The average molecular weight is 528 g/mol. The molecule has 210 valence electrons. The third-order valence-electron chi connectivity index (χ3n) is 8.52. The van der Waals surface area contributed by atoms with Gasteiger partial charge in [-0.15, -0.1) is 0 Å². The molecule has 1 aromatic carbocycles. The zero-order valence-electron chi connectivity index (χ0n) is 22.9. The summed E-state index contributed by atoms with van der Waals surface area (Å²) in [7, 11) is 0. The van der Waals surface area contributed by atoms with Gasteiger partial charge in [0.1, 0.15) is 5.75 Å². The summed E-state index contributed by atoms with van der Waals surface area (Å²) >= 11 is 0. The molecule has 4 aliphatic rings. The van der Waals surface area contributed by atoms with Crippen molar-refractivity contribution >= 4 is 17.6 Å².